The molecule has 0 aliphatic heterocycles. The molecule has 0 atom stereocenters. The van der Waals surface area contributed by atoms with Crippen molar-refractivity contribution in [1.82, 2.24) is 0 Å². The molecule has 0 heterocycles. The van der Waals surface area contributed by atoms with Gasteiger partial charge >= 0.3 is 0 Å². The minimum absolute atomic E-state index is 1.02. The molecule has 0 bridgehead atoms. The van der Waals surface area contributed by atoms with Gasteiger partial charge in [0.05, 0.1) is 0 Å². The number of nitrogens with zero attached hydrogens (tertiary/aromatic N) is 3. The predicted octanol–water partition coefficient (Wildman–Crippen LogP) is 13.3. The molecule has 0 aromatic heterocycles. The maximum Gasteiger partial charge on any atom is 0.0464 e. The summed E-state index contributed by atoms with van der Waals surface area (Å²) >= 11 is 0. The zero-order valence-electron chi connectivity index (χ0n) is 34.4. The molecular formula is C52H61N3. The molecule has 0 radical (unpaired) electrons. The Hall–Kier alpha value is -5.28. The maximum atomic E-state index is 2.43. The zero-order chi connectivity index (χ0) is 38.7. The first-order valence-electron chi connectivity index (χ1n) is 20.7. The van der Waals surface area contributed by atoms with Gasteiger partial charge in [0.2, 0.25) is 0 Å². The van der Waals surface area contributed by atoms with E-state index in [-0.39, 0.29) is 0 Å². The van der Waals surface area contributed by atoms with Gasteiger partial charge in [-0.1, -0.05) is 79.7 Å². The lowest BCUT2D eigenvalue weighted by molar-refractivity contribution is 0.864. The summed E-state index contributed by atoms with van der Waals surface area (Å²) in [7, 11) is 0. The van der Waals surface area contributed by atoms with Gasteiger partial charge in [-0.2, -0.15) is 0 Å². The van der Waals surface area contributed by atoms with E-state index < -0.39 is 0 Å². The van der Waals surface area contributed by atoms with E-state index in [1.807, 2.05) is 0 Å². The van der Waals surface area contributed by atoms with Crippen LogP contribution in [0.5, 0.6) is 0 Å². The van der Waals surface area contributed by atoms with Gasteiger partial charge in [0.1, 0.15) is 0 Å². The van der Waals surface area contributed by atoms with Crippen molar-refractivity contribution in [2.45, 2.75) is 80.6 Å². The second kappa shape index (κ2) is 18.8. The summed E-state index contributed by atoms with van der Waals surface area (Å²) < 4.78 is 0. The monoisotopic (exact) mass is 727 g/mol. The van der Waals surface area contributed by atoms with E-state index in [4.69, 9.17) is 0 Å². The molecule has 0 saturated carbocycles. The molecule has 55 heavy (non-hydrogen) atoms. The highest BCUT2D eigenvalue weighted by Crippen LogP contribution is 2.38. The van der Waals surface area contributed by atoms with Crippen molar-refractivity contribution in [3.05, 3.63) is 172 Å². The van der Waals surface area contributed by atoms with E-state index in [0.717, 1.165) is 64.0 Å². The average molecular weight is 728 g/mol. The highest BCUT2D eigenvalue weighted by Gasteiger charge is 2.16. The van der Waals surface area contributed by atoms with Crippen LogP contribution in [0.25, 0.3) is 11.1 Å². The van der Waals surface area contributed by atoms with E-state index in [0.29, 0.717) is 0 Å². The van der Waals surface area contributed by atoms with Gasteiger partial charge in [0.25, 0.3) is 0 Å². The van der Waals surface area contributed by atoms with Gasteiger partial charge in [-0.25, -0.2) is 0 Å². The zero-order valence-corrected chi connectivity index (χ0v) is 34.4. The number of hydrogen-bond donors (Lipinski definition) is 0. The summed E-state index contributed by atoms with van der Waals surface area (Å²) in [6.07, 6.45) is 5.16. The van der Waals surface area contributed by atoms with Crippen LogP contribution in [0.3, 0.4) is 0 Å². The quantitative estimate of drug-likeness (QED) is 0.0926. The lowest BCUT2D eigenvalue weighted by Gasteiger charge is -2.27. The number of aryl methyl sites for hydroxylation is 7. The number of anilines is 5. The first-order chi connectivity index (χ1) is 26.8. The van der Waals surface area contributed by atoms with Crippen LogP contribution >= 0.6 is 0 Å². The molecule has 3 heteroatoms. The second-order valence-electron chi connectivity index (χ2n) is 14.8. The number of hydrogen-bond acceptors (Lipinski definition) is 3. The predicted molar refractivity (Wildman–Crippen MR) is 240 cm³/mol. The molecule has 0 N–H and O–H groups in total. The second-order valence-corrected chi connectivity index (χ2v) is 14.8. The third-order valence-corrected chi connectivity index (χ3v) is 11.5. The van der Waals surface area contributed by atoms with Crippen LogP contribution in [0.15, 0.2) is 133 Å². The normalized spacial score (nSPS) is 11.1. The smallest absolute Gasteiger partial charge is 0.0464 e. The standard InChI is InChI=1S/C52H61N3/c1-8-41-13-23-46(24-14-41)47-27-33-50(34-28-47)55(51-35-25-44(39(6)37-51)21-15-42-17-29-48(30-18-42)53(9-2)10-3)52-36-26-45(40(7)38-52)22-16-43-19-31-49(32-20-43)54(11-4)12-5/h13-14,17-20,23-38H,8-12,15-16,21-22H2,1-7H3. The Morgan fingerprint density at radius 1 is 0.345 bits per heavy atom. The van der Waals surface area contributed by atoms with E-state index in [9.17, 15) is 0 Å². The SMILES string of the molecule is CCc1ccc(-c2ccc(N(c3ccc(CCc4ccc(N(CC)CC)cc4)c(C)c3)c3ccc(CCc4ccc(N(CC)CC)cc4)c(C)c3)cc2)cc1. The van der Waals surface area contributed by atoms with Gasteiger partial charge in [-0.05, 0) is 184 Å². The Bertz CT molecular complexity index is 1980. The minimum atomic E-state index is 1.02. The molecule has 6 aromatic rings. The number of rotatable bonds is 17. The lowest BCUT2D eigenvalue weighted by atomic mass is 9.98. The van der Waals surface area contributed by atoms with Crippen LogP contribution in [0.2, 0.25) is 0 Å². The van der Waals surface area contributed by atoms with Gasteiger partial charge in [-0.15, -0.1) is 0 Å². The summed E-state index contributed by atoms with van der Waals surface area (Å²) in [6.45, 7) is 19.8. The molecule has 0 spiro atoms. The van der Waals surface area contributed by atoms with E-state index in [2.05, 4.69) is 197 Å². The summed E-state index contributed by atoms with van der Waals surface area (Å²) in [5, 5.41) is 0. The van der Waals surface area contributed by atoms with Gasteiger partial charge in [0, 0.05) is 54.6 Å². The van der Waals surface area contributed by atoms with E-state index >= 15 is 0 Å². The maximum absolute atomic E-state index is 2.43. The minimum Gasteiger partial charge on any atom is -0.372 e. The van der Waals surface area contributed by atoms with Crippen LogP contribution < -0.4 is 14.7 Å². The fourth-order valence-electron chi connectivity index (χ4n) is 7.86. The van der Waals surface area contributed by atoms with Crippen molar-refractivity contribution in [2.24, 2.45) is 0 Å². The average Bonchev–Trinajstić information content (AvgIpc) is 3.22. The van der Waals surface area contributed by atoms with Crippen molar-refractivity contribution in [3.8, 4) is 11.1 Å². The first-order valence-corrected chi connectivity index (χ1v) is 20.7. The third-order valence-electron chi connectivity index (χ3n) is 11.5. The molecular weight excluding hydrogens is 667 g/mol. The topological polar surface area (TPSA) is 9.72 Å². The summed E-state index contributed by atoms with van der Waals surface area (Å²) in [5.41, 5.74) is 18.2. The lowest BCUT2D eigenvalue weighted by Crippen LogP contribution is -2.21. The van der Waals surface area contributed by atoms with Crippen molar-refractivity contribution >= 4 is 28.4 Å². The van der Waals surface area contributed by atoms with Gasteiger partial charge in [-0.3, -0.25) is 0 Å². The molecule has 284 valence electrons. The van der Waals surface area contributed by atoms with Crippen molar-refractivity contribution in [3.63, 3.8) is 0 Å². The molecule has 0 saturated heterocycles. The van der Waals surface area contributed by atoms with Crippen molar-refractivity contribution < 1.29 is 0 Å². The van der Waals surface area contributed by atoms with Crippen molar-refractivity contribution in [1.29, 1.82) is 0 Å². The van der Waals surface area contributed by atoms with Gasteiger partial charge in [0.15, 0.2) is 0 Å². The van der Waals surface area contributed by atoms with Gasteiger partial charge < -0.3 is 14.7 Å². The van der Waals surface area contributed by atoms with Crippen LogP contribution in [0, 0.1) is 13.8 Å². The van der Waals surface area contributed by atoms with Crippen LogP contribution in [0.1, 0.15) is 73.6 Å². The third kappa shape index (κ3) is 9.70. The van der Waals surface area contributed by atoms with Crippen LogP contribution in [0.4, 0.5) is 28.4 Å². The van der Waals surface area contributed by atoms with Crippen LogP contribution in [-0.2, 0) is 32.1 Å². The number of benzene rings is 6. The molecule has 6 aromatic carbocycles. The Morgan fingerprint density at radius 2 is 0.691 bits per heavy atom. The largest absolute Gasteiger partial charge is 0.372 e. The summed E-state index contributed by atoms with van der Waals surface area (Å²) in [4.78, 5) is 7.23. The Kier molecular flexibility index (Phi) is 13.5. The highest BCUT2D eigenvalue weighted by atomic mass is 15.1. The molecule has 0 aliphatic rings. The molecule has 0 amide bonds. The highest BCUT2D eigenvalue weighted by molar-refractivity contribution is 5.79. The van der Waals surface area contributed by atoms with E-state index in [1.54, 1.807) is 0 Å². The Labute approximate surface area is 332 Å². The molecule has 3 nitrogen and oxygen atoms in total. The Morgan fingerprint density at radius 3 is 1.05 bits per heavy atom. The molecule has 0 unspecified atom stereocenters. The fraction of sp³-hybridized carbons (Fsp3) is 0.308. The fourth-order valence-corrected chi connectivity index (χ4v) is 7.86. The molecule has 0 fully saturated rings. The van der Waals surface area contributed by atoms with Crippen molar-refractivity contribution in [2.75, 3.05) is 40.9 Å². The first kappa shape index (κ1) is 39.4. The Balaban J connectivity index is 1.24. The summed E-state index contributed by atoms with van der Waals surface area (Å²) in [5.74, 6) is 0. The van der Waals surface area contributed by atoms with Crippen LogP contribution in [-0.4, -0.2) is 26.2 Å². The van der Waals surface area contributed by atoms with E-state index in [1.165, 1.54) is 72.8 Å². The summed E-state index contributed by atoms with van der Waals surface area (Å²) in [6, 6.07) is 50.4. The molecule has 6 rings (SSSR count). The molecule has 0 aliphatic carbocycles.